The second kappa shape index (κ2) is 6.40. The molecule has 0 saturated carbocycles. The van der Waals surface area contributed by atoms with Gasteiger partial charge in [0.1, 0.15) is 6.61 Å². The fourth-order valence-electron chi connectivity index (χ4n) is 3.13. The Morgan fingerprint density at radius 1 is 1.25 bits per heavy atom. The van der Waals surface area contributed by atoms with Crippen molar-refractivity contribution in [2.24, 2.45) is 10.9 Å². The van der Waals surface area contributed by atoms with Crippen LogP contribution in [-0.2, 0) is 11.2 Å². The van der Waals surface area contributed by atoms with Gasteiger partial charge in [-0.3, -0.25) is 0 Å². The van der Waals surface area contributed by atoms with Gasteiger partial charge in [0.2, 0.25) is 0 Å². The molecule has 0 amide bonds. The molecule has 3 rings (SSSR count). The van der Waals surface area contributed by atoms with Gasteiger partial charge in [-0.2, -0.15) is 0 Å². The number of hydrogen-bond donors (Lipinski definition) is 1. The van der Waals surface area contributed by atoms with Crippen LogP contribution >= 0.6 is 0 Å². The highest BCUT2D eigenvalue weighted by Gasteiger charge is 2.23. The van der Waals surface area contributed by atoms with Gasteiger partial charge in [0, 0.05) is 6.42 Å². The van der Waals surface area contributed by atoms with Gasteiger partial charge < -0.3 is 10.1 Å². The first-order valence-corrected chi connectivity index (χ1v) is 7.75. The van der Waals surface area contributed by atoms with Crippen LogP contribution < -0.4 is 5.32 Å². The highest BCUT2D eigenvalue weighted by molar-refractivity contribution is 5.78. The van der Waals surface area contributed by atoms with Crippen molar-refractivity contribution in [3.63, 3.8) is 0 Å². The van der Waals surface area contributed by atoms with E-state index in [1.165, 1.54) is 24.0 Å². The Kier molecular flexibility index (Phi) is 4.36. The Balaban J connectivity index is 1.54. The monoisotopic (exact) mass is 272 g/mol. The molecule has 2 aliphatic rings. The lowest BCUT2D eigenvalue weighted by atomic mass is 9.95. The van der Waals surface area contributed by atoms with E-state index in [1.807, 2.05) is 0 Å². The lowest BCUT2D eigenvalue weighted by molar-refractivity contribution is 0.292. The quantitative estimate of drug-likeness (QED) is 0.914. The molecule has 0 aliphatic carbocycles. The third kappa shape index (κ3) is 3.60. The molecule has 3 heteroatoms. The first-order valence-electron chi connectivity index (χ1n) is 7.75. The molecule has 0 bridgehead atoms. The zero-order chi connectivity index (χ0) is 13.8. The molecular formula is C17H24N2O. The minimum atomic E-state index is 0.313. The van der Waals surface area contributed by atoms with E-state index in [-0.39, 0.29) is 0 Å². The van der Waals surface area contributed by atoms with Crippen molar-refractivity contribution in [2.75, 3.05) is 19.7 Å². The average Bonchev–Trinajstić information content (AvgIpc) is 2.87. The predicted molar refractivity (Wildman–Crippen MR) is 82.3 cm³/mol. The van der Waals surface area contributed by atoms with Gasteiger partial charge in [-0.05, 0) is 50.8 Å². The molecule has 0 spiro atoms. The molecule has 2 aliphatic heterocycles. The van der Waals surface area contributed by atoms with E-state index in [0.29, 0.717) is 6.04 Å². The van der Waals surface area contributed by atoms with E-state index in [1.54, 1.807) is 0 Å². The third-order valence-electron chi connectivity index (χ3n) is 4.24. The van der Waals surface area contributed by atoms with E-state index < -0.39 is 0 Å². The lowest BCUT2D eigenvalue weighted by Gasteiger charge is -2.21. The predicted octanol–water partition coefficient (Wildman–Crippen LogP) is 2.72. The number of aliphatic imine (C=N–C) groups is 1. The third-order valence-corrected chi connectivity index (χ3v) is 4.24. The largest absolute Gasteiger partial charge is 0.479 e. The number of aryl methyl sites for hydroxylation is 1. The van der Waals surface area contributed by atoms with Crippen molar-refractivity contribution in [1.82, 2.24) is 5.32 Å². The molecule has 1 atom stereocenters. The summed E-state index contributed by atoms with van der Waals surface area (Å²) in [5.41, 5.74) is 2.69. The lowest BCUT2D eigenvalue weighted by Crippen LogP contribution is -2.28. The normalized spacial score (nSPS) is 23.4. The minimum absolute atomic E-state index is 0.313. The molecule has 1 aromatic carbocycles. The summed E-state index contributed by atoms with van der Waals surface area (Å²) in [6.07, 6.45) is 4.54. The number of benzene rings is 1. The first-order chi connectivity index (χ1) is 9.79. The van der Waals surface area contributed by atoms with Crippen LogP contribution in [0.1, 0.15) is 30.4 Å². The fourth-order valence-corrected chi connectivity index (χ4v) is 3.13. The average molecular weight is 272 g/mol. The molecule has 0 radical (unpaired) electrons. The van der Waals surface area contributed by atoms with Crippen molar-refractivity contribution < 1.29 is 4.74 Å². The van der Waals surface area contributed by atoms with Gasteiger partial charge in [-0.15, -0.1) is 0 Å². The Labute approximate surface area is 121 Å². The van der Waals surface area contributed by atoms with Crippen LogP contribution in [0.3, 0.4) is 0 Å². The summed E-state index contributed by atoms with van der Waals surface area (Å²) in [7, 11) is 0. The summed E-state index contributed by atoms with van der Waals surface area (Å²) in [5.74, 6) is 1.75. The topological polar surface area (TPSA) is 33.6 Å². The molecule has 1 N–H and O–H groups in total. The van der Waals surface area contributed by atoms with Gasteiger partial charge in [0.05, 0.1) is 6.04 Å². The van der Waals surface area contributed by atoms with Crippen LogP contribution in [-0.4, -0.2) is 31.6 Å². The smallest absolute Gasteiger partial charge is 0.183 e. The molecule has 3 nitrogen and oxygen atoms in total. The highest BCUT2D eigenvalue weighted by Crippen LogP contribution is 2.21. The fraction of sp³-hybridized carbons (Fsp3) is 0.588. The van der Waals surface area contributed by atoms with Crippen molar-refractivity contribution in [3.05, 3.63) is 35.4 Å². The number of piperidine rings is 1. The van der Waals surface area contributed by atoms with Gasteiger partial charge in [0.25, 0.3) is 0 Å². The van der Waals surface area contributed by atoms with E-state index in [9.17, 15) is 0 Å². The van der Waals surface area contributed by atoms with Crippen molar-refractivity contribution in [1.29, 1.82) is 0 Å². The summed E-state index contributed by atoms with van der Waals surface area (Å²) in [6, 6.07) is 9.02. The van der Waals surface area contributed by atoms with Crippen LogP contribution in [0.2, 0.25) is 0 Å². The summed E-state index contributed by atoms with van der Waals surface area (Å²) < 4.78 is 5.80. The molecule has 108 valence electrons. The summed E-state index contributed by atoms with van der Waals surface area (Å²) in [5, 5.41) is 3.41. The second-order valence-corrected chi connectivity index (χ2v) is 6.08. The maximum Gasteiger partial charge on any atom is 0.183 e. The van der Waals surface area contributed by atoms with Gasteiger partial charge in [-0.1, -0.05) is 29.8 Å². The number of nitrogens with zero attached hydrogens (tertiary/aromatic N) is 1. The van der Waals surface area contributed by atoms with Crippen LogP contribution in [0.25, 0.3) is 0 Å². The molecular weight excluding hydrogens is 248 g/mol. The second-order valence-electron chi connectivity index (χ2n) is 6.08. The zero-order valence-corrected chi connectivity index (χ0v) is 12.3. The van der Waals surface area contributed by atoms with Crippen molar-refractivity contribution in [3.8, 4) is 0 Å². The summed E-state index contributed by atoms with van der Waals surface area (Å²) in [6.45, 7) is 5.18. The van der Waals surface area contributed by atoms with E-state index in [2.05, 4.69) is 36.5 Å². The van der Waals surface area contributed by atoms with Gasteiger partial charge in [0.15, 0.2) is 5.90 Å². The summed E-state index contributed by atoms with van der Waals surface area (Å²) in [4.78, 5) is 4.78. The first kappa shape index (κ1) is 13.6. The number of hydrogen-bond acceptors (Lipinski definition) is 3. The number of nitrogens with one attached hydrogen (secondary N) is 1. The Bertz CT molecular complexity index is 478. The SMILES string of the molecule is Cc1cccc(CC2COC(CC3CCNCC3)=N2)c1. The standard InChI is InChI=1S/C17H24N2O/c1-13-3-2-4-15(9-13)10-16-12-20-17(19-16)11-14-5-7-18-8-6-14/h2-4,9,14,16,18H,5-8,10-12H2,1H3. The van der Waals surface area contributed by atoms with Crippen LogP contribution in [0.5, 0.6) is 0 Å². The molecule has 1 unspecified atom stereocenters. The number of rotatable bonds is 4. The van der Waals surface area contributed by atoms with Crippen LogP contribution in [0.4, 0.5) is 0 Å². The highest BCUT2D eigenvalue weighted by atomic mass is 16.5. The minimum Gasteiger partial charge on any atom is -0.479 e. The number of ether oxygens (including phenoxy) is 1. The molecule has 1 fully saturated rings. The van der Waals surface area contributed by atoms with E-state index in [4.69, 9.17) is 9.73 Å². The molecule has 20 heavy (non-hydrogen) atoms. The van der Waals surface area contributed by atoms with Gasteiger partial charge in [-0.25, -0.2) is 4.99 Å². The molecule has 1 aromatic rings. The van der Waals surface area contributed by atoms with Crippen molar-refractivity contribution in [2.45, 2.75) is 38.6 Å². The Morgan fingerprint density at radius 3 is 2.90 bits per heavy atom. The van der Waals surface area contributed by atoms with E-state index in [0.717, 1.165) is 44.4 Å². The Morgan fingerprint density at radius 2 is 2.10 bits per heavy atom. The van der Waals surface area contributed by atoms with Crippen LogP contribution in [0, 0.1) is 12.8 Å². The van der Waals surface area contributed by atoms with Crippen molar-refractivity contribution >= 4 is 5.90 Å². The Hall–Kier alpha value is -1.35. The van der Waals surface area contributed by atoms with Crippen LogP contribution in [0.15, 0.2) is 29.3 Å². The molecule has 2 heterocycles. The zero-order valence-electron chi connectivity index (χ0n) is 12.3. The molecule has 0 aromatic heterocycles. The summed E-state index contributed by atoms with van der Waals surface area (Å²) >= 11 is 0. The maximum absolute atomic E-state index is 5.80. The molecule has 1 saturated heterocycles. The maximum atomic E-state index is 5.80. The van der Waals surface area contributed by atoms with Gasteiger partial charge >= 0.3 is 0 Å². The van der Waals surface area contributed by atoms with E-state index >= 15 is 0 Å².